The molecule has 1 saturated heterocycles. The maximum atomic E-state index is 13.6. The van der Waals surface area contributed by atoms with E-state index in [4.69, 9.17) is 0 Å². The Hall–Kier alpha value is -3.34. The van der Waals surface area contributed by atoms with Crippen molar-refractivity contribution in [3.8, 4) is 5.69 Å². The molecule has 0 N–H and O–H groups in total. The summed E-state index contributed by atoms with van der Waals surface area (Å²) in [7, 11) is 0. The van der Waals surface area contributed by atoms with Gasteiger partial charge in [0.05, 0.1) is 21.3 Å². The van der Waals surface area contributed by atoms with Gasteiger partial charge in [-0.2, -0.15) is 13.2 Å². The fourth-order valence-corrected chi connectivity index (χ4v) is 6.03. The van der Waals surface area contributed by atoms with E-state index in [1.165, 1.54) is 23.2 Å². The van der Waals surface area contributed by atoms with E-state index in [1.54, 1.807) is 11.8 Å². The largest absolute Gasteiger partial charge is 0.416 e. The van der Waals surface area contributed by atoms with Gasteiger partial charge in [0.25, 0.3) is 0 Å². The van der Waals surface area contributed by atoms with Crippen molar-refractivity contribution < 1.29 is 18.0 Å². The van der Waals surface area contributed by atoms with E-state index in [1.807, 2.05) is 22.8 Å². The van der Waals surface area contributed by atoms with Crippen LogP contribution >= 0.6 is 11.3 Å². The normalized spacial score (nSPS) is 22.6. The van der Waals surface area contributed by atoms with Crippen molar-refractivity contribution in [2.45, 2.75) is 38.4 Å². The Morgan fingerprint density at radius 3 is 2.82 bits per heavy atom. The van der Waals surface area contributed by atoms with Crippen molar-refractivity contribution in [2.75, 3.05) is 4.90 Å². The molecule has 7 nitrogen and oxygen atoms in total. The van der Waals surface area contributed by atoms with Gasteiger partial charge in [0, 0.05) is 17.3 Å². The maximum absolute atomic E-state index is 13.6. The number of benzene rings is 1. The summed E-state index contributed by atoms with van der Waals surface area (Å²) in [6.07, 6.45) is -0.582. The number of anilines is 1. The van der Waals surface area contributed by atoms with Gasteiger partial charge in [-0.05, 0) is 56.0 Å². The lowest BCUT2D eigenvalue weighted by Gasteiger charge is -2.27. The average molecular weight is 485 g/mol. The molecule has 3 aromatic heterocycles. The maximum Gasteiger partial charge on any atom is 0.416 e. The lowest BCUT2D eigenvalue weighted by atomic mass is 9.93. The van der Waals surface area contributed by atoms with Gasteiger partial charge < -0.3 is 0 Å². The molecule has 2 fully saturated rings. The van der Waals surface area contributed by atoms with Crippen LogP contribution in [-0.2, 0) is 11.0 Å². The molecular weight excluding hydrogens is 465 g/mol. The lowest BCUT2D eigenvalue weighted by molar-refractivity contribution is -0.137. The van der Waals surface area contributed by atoms with E-state index in [2.05, 4.69) is 20.2 Å². The number of halogens is 3. The predicted octanol–water partition coefficient (Wildman–Crippen LogP) is 5.10. The molecule has 2 aliphatic rings. The molecule has 1 aromatic carbocycles. The van der Waals surface area contributed by atoms with Gasteiger partial charge in [0.2, 0.25) is 5.91 Å². The van der Waals surface area contributed by atoms with Crippen LogP contribution < -0.4 is 4.90 Å². The molecule has 1 saturated carbocycles. The summed E-state index contributed by atoms with van der Waals surface area (Å²) in [6.45, 7) is 1.50. The number of amides is 1. The van der Waals surface area contributed by atoms with Gasteiger partial charge in [-0.1, -0.05) is 6.42 Å². The lowest BCUT2D eigenvalue weighted by Crippen LogP contribution is -2.33. The standard InChI is InChI=1S/C23H19F3N6OS/c1-12-7-13(23(24,25)26)8-19(29-12)32-20(15-3-2-4-16(15)22(32)33)21-30-28-10-31(21)14-5-6-17-18(9-14)34-11-27-17/h5-11,15-16,20H,2-4H2,1H3. The number of pyridine rings is 1. The van der Waals surface area contributed by atoms with E-state index < -0.39 is 17.8 Å². The molecule has 4 aromatic rings. The number of aromatic nitrogens is 5. The van der Waals surface area contributed by atoms with E-state index in [9.17, 15) is 18.0 Å². The Bertz CT molecular complexity index is 1410. The number of hydrogen-bond donors (Lipinski definition) is 0. The number of alkyl halides is 3. The van der Waals surface area contributed by atoms with E-state index in [0.29, 0.717) is 12.2 Å². The van der Waals surface area contributed by atoms with Crippen molar-refractivity contribution in [1.29, 1.82) is 0 Å². The molecule has 6 rings (SSSR count). The van der Waals surface area contributed by atoms with E-state index >= 15 is 0 Å². The summed E-state index contributed by atoms with van der Waals surface area (Å²) in [4.78, 5) is 23.6. The monoisotopic (exact) mass is 484 g/mol. The SMILES string of the molecule is Cc1cc(C(F)(F)F)cc(N2C(=O)C3CCCC3C2c2nncn2-c2ccc3ncsc3c2)n1. The first-order valence-corrected chi connectivity index (χ1v) is 11.8. The Balaban J connectivity index is 1.50. The van der Waals surface area contributed by atoms with Crippen LogP contribution in [0.2, 0.25) is 0 Å². The van der Waals surface area contributed by atoms with Crippen molar-refractivity contribution in [3.05, 3.63) is 59.3 Å². The number of nitrogens with zero attached hydrogens (tertiary/aromatic N) is 6. The van der Waals surface area contributed by atoms with Crippen molar-refractivity contribution >= 4 is 33.3 Å². The van der Waals surface area contributed by atoms with Crippen LogP contribution in [0.15, 0.2) is 42.2 Å². The zero-order valence-corrected chi connectivity index (χ0v) is 18.8. The van der Waals surface area contributed by atoms with Gasteiger partial charge in [-0.15, -0.1) is 21.5 Å². The third-order valence-corrected chi connectivity index (χ3v) is 7.55. The number of aryl methyl sites for hydroxylation is 1. The number of hydrogen-bond acceptors (Lipinski definition) is 6. The summed E-state index contributed by atoms with van der Waals surface area (Å²) in [5, 5.41) is 8.48. The van der Waals surface area contributed by atoms with Crippen LogP contribution in [0, 0.1) is 18.8 Å². The molecule has 1 amide bonds. The molecule has 0 radical (unpaired) electrons. The Morgan fingerprint density at radius 2 is 2.00 bits per heavy atom. The van der Waals surface area contributed by atoms with E-state index in [0.717, 1.165) is 40.9 Å². The fourth-order valence-electron chi connectivity index (χ4n) is 5.32. The first kappa shape index (κ1) is 21.2. The molecule has 174 valence electrons. The number of carbonyl (C=O) groups excluding carboxylic acids is 1. The Morgan fingerprint density at radius 1 is 1.15 bits per heavy atom. The van der Waals surface area contributed by atoms with Crippen molar-refractivity contribution in [2.24, 2.45) is 11.8 Å². The minimum absolute atomic E-state index is 0.00387. The van der Waals surface area contributed by atoms with Crippen molar-refractivity contribution in [1.82, 2.24) is 24.7 Å². The quantitative estimate of drug-likeness (QED) is 0.404. The Labute approximate surface area is 196 Å². The van der Waals surface area contributed by atoms with Crippen LogP contribution in [0.1, 0.15) is 42.4 Å². The molecule has 11 heteroatoms. The molecule has 1 aliphatic carbocycles. The number of rotatable bonds is 3. The molecule has 3 atom stereocenters. The minimum atomic E-state index is -4.54. The minimum Gasteiger partial charge on any atom is -0.285 e. The second-order valence-electron chi connectivity index (χ2n) is 8.77. The fraction of sp³-hybridized carbons (Fsp3) is 0.348. The van der Waals surface area contributed by atoms with Crippen LogP contribution in [-0.4, -0.2) is 30.6 Å². The zero-order chi connectivity index (χ0) is 23.6. The van der Waals surface area contributed by atoms with Crippen LogP contribution in [0.3, 0.4) is 0 Å². The highest BCUT2D eigenvalue weighted by Gasteiger charge is 2.53. The van der Waals surface area contributed by atoms with Gasteiger partial charge in [0.15, 0.2) is 5.82 Å². The summed E-state index contributed by atoms with van der Waals surface area (Å²) >= 11 is 1.51. The predicted molar refractivity (Wildman–Crippen MR) is 120 cm³/mol. The van der Waals surface area contributed by atoms with Crippen LogP contribution in [0.5, 0.6) is 0 Å². The molecule has 34 heavy (non-hydrogen) atoms. The van der Waals surface area contributed by atoms with Gasteiger partial charge >= 0.3 is 6.18 Å². The van der Waals surface area contributed by atoms with E-state index in [-0.39, 0.29) is 29.3 Å². The highest BCUT2D eigenvalue weighted by atomic mass is 32.1. The second-order valence-corrected chi connectivity index (χ2v) is 9.66. The highest BCUT2D eigenvalue weighted by Crippen LogP contribution is 2.51. The molecule has 3 unspecified atom stereocenters. The van der Waals surface area contributed by atoms with Gasteiger partial charge in [-0.25, -0.2) is 9.97 Å². The smallest absolute Gasteiger partial charge is 0.285 e. The topological polar surface area (TPSA) is 76.8 Å². The average Bonchev–Trinajstić information content (AvgIpc) is 3.57. The zero-order valence-electron chi connectivity index (χ0n) is 18.0. The first-order chi connectivity index (χ1) is 16.3. The van der Waals surface area contributed by atoms with Gasteiger partial charge in [0.1, 0.15) is 18.2 Å². The molecule has 0 bridgehead atoms. The number of fused-ring (bicyclic) bond motifs is 2. The van der Waals surface area contributed by atoms with Crippen LogP contribution in [0.25, 0.3) is 15.9 Å². The molecule has 1 aliphatic heterocycles. The summed E-state index contributed by atoms with van der Waals surface area (Å²) < 4.78 is 43.5. The number of thiazole rings is 1. The number of carbonyl (C=O) groups is 1. The highest BCUT2D eigenvalue weighted by molar-refractivity contribution is 7.16. The molecule has 0 spiro atoms. The first-order valence-electron chi connectivity index (χ1n) is 10.9. The summed E-state index contributed by atoms with van der Waals surface area (Å²) in [5.74, 6) is -0.0196. The summed E-state index contributed by atoms with van der Waals surface area (Å²) in [6, 6.07) is 7.16. The molecule has 4 heterocycles. The van der Waals surface area contributed by atoms with Crippen molar-refractivity contribution in [3.63, 3.8) is 0 Å². The second kappa shape index (κ2) is 7.59. The van der Waals surface area contributed by atoms with Crippen LogP contribution in [0.4, 0.5) is 19.0 Å². The third kappa shape index (κ3) is 3.29. The summed E-state index contributed by atoms with van der Waals surface area (Å²) in [5.41, 5.74) is 2.82. The third-order valence-electron chi connectivity index (χ3n) is 6.75. The Kier molecular flexibility index (Phi) is 4.73. The van der Waals surface area contributed by atoms with Gasteiger partial charge in [-0.3, -0.25) is 14.3 Å². The molecular formula is C23H19F3N6OS.